The van der Waals surface area contributed by atoms with Crippen LogP contribution in [0.15, 0.2) is 18.2 Å². The molecule has 2 aliphatic rings. The third-order valence-electron chi connectivity index (χ3n) is 6.36. The van der Waals surface area contributed by atoms with Crippen LogP contribution in [0.5, 0.6) is 0 Å². The zero-order valence-corrected chi connectivity index (χ0v) is 18.1. The third kappa shape index (κ3) is 5.29. The Hall–Kier alpha value is -2.35. The number of nitrogens with zero attached hydrogens (tertiary/aromatic N) is 4. The first-order valence-electron chi connectivity index (χ1n) is 11.4. The van der Waals surface area contributed by atoms with Crippen LogP contribution in [0.2, 0.25) is 0 Å². The number of aryl methyl sites for hydroxylation is 1. The van der Waals surface area contributed by atoms with Crippen molar-refractivity contribution in [3.05, 3.63) is 47.0 Å². The van der Waals surface area contributed by atoms with Crippen LogP contribution in [0.3, 0.4) is 0 Å². The molecule has 0 saturated carbocycles. The summed E-state index contributed by atoms with van der Waals surface area (Å²) in [6, 6.07) is 3.47. The highest BCUT2D eigenvalue weighted by molar-refractivity contribution is 5.78. The van der Waals surface area contributed by atoms with Crippen LogP contribution < -0.4 is 5.32 Å². The quantitative estimate of drug-likeness (QED) is 0.763. The Morgan fingerprint density at radius 1 is 1.16 bits per heavy atom. The van der Waals surface area contributed by atoms with E-state index in [1.165, 1.54) is 31.0 Å². The Labute approximate surface area is 182 Å². The van der Waals surface area contributed by atoms with Crippen molar-refractivity contribution in [2.75, 3.05) is 19.6 Å². The average Bonchev–Trinajstić information content (AvgIpc) is 2.99. The molecule has 0 aliphatic carbocycles. The van der Waals surface area contributed by atoms with Gasteiger partial charge in [-0.15, -0.1) is 10.2 Å². The number of fused-ring (bicyclic) bond motifs is 1. The van der Waals surface area contributed by atoms with Crippen LogP contribution in [-0.4, -0.2) is 51.2 Å². The van der Waals surface area contributed by atoms with E-state index in [4.69, 9.17) is 0 Å². The zero-order valence-electron chi connectivity index (χ0n) is 18.1. The summed E-state index contributed by atoms with van der Waals surface area (Å²) in [6.45, 7) is 4.68. The highest BCUT2D eigenvalue weighted by Crippen LogP contribution is 2.27. The van der Waals surface area contributed by atoms with Gasteiger partial charge in [0.2, 0.25) is 5.91 Å². The molecular formula is C23H31F2N5O. The molecule has 1 fully saturated rings. The molecule has 168 valence electrons. The van der Waals surface area contributed by atoms with Gasteiger partial charge in [-0.1, -0.05) is 12.5 Å². The number of amides is 1. The van der Waals surface area contributed by atoms with Gasteiger partial charge in [-0.25, -0.2) is 8.78 Å². The summed E-state index contributed by atoms with van der Waals surface area (Å²) in [5, 5.41) is 11.8. The van der Waals surface area contributed by atoms with E-state index in [2.05, 4.69) is 25.0 Å². The van der Waals surface area contributed by atoms with Crippen molar-refractivity contribution < 1.29 is 13.6 Å². The van der Waals surface area contributed by atoms with E-state index in [0.29, 0.717) is 0 Å². The summed E-state index contributed by atoms with van der Waals surface area (Å²) in [5.74, 6) is 1.16. The molecule has 1 aromatic carbocycles. The van der Waals surface area contributed by atoms with Crippen molar-refractivity contribution in [2.24, 2.45) is 0 Å². The fourth-order valence-corrected chi connectivity index (χ4v) is 4.83. The second kappa shape index (κ2) is 9.85. The molecular weight excluding hydrogens is 400 g/mol. The van der Waals surface area contributed by atoms with Crippen molar-refractivity contribution in [1.29, 1.82) is 0 Å². The molecule has 0 bridgehead atoms. The van der Waals surface area contributed by atoms with Gasteiger partial charge < -0.3 is 9.88 Å². The van der Waals surface area contributed by atoms with Gasteiger partial charge in [-0.05, 0) is 57.7 Å². The summed E-state index contributed by atoms with van der Waals surface area (Å²) < 4.78 is 30.0. The summed E-state index contributed by atoms with van der Waals surface area (Å²) in [7, 11) is 0. The van der Waals surface area contributed by atoms with Crippen LogP contribution in [0.4, 0.5) is 8.78 Å². The Morgan fingerprint density at radius 3 is 2.77 bits per heavy atom. The Bertz CT molecular complexity index is 895. The maximum Gasteiger partial charge on any atom is 0.234 e. The summed E-state index contributed by atoms with van der Waals surface area (Å²) in [6.07, 6.45) is 6.75. The molecule has 4 rings (SSSR count). The van der Waals surface area contributed by atoms with E-state index < -0.39 is 11.6 Å². The lowest BCUT2D eigenvalue weighted by Gasteiger charge is -2.32. The Balaban J connectivity index is 1.32. The van der Waals surface area contributed by atoms with Gasteiger partial charge >= 0.3 is 0 Å². The predicted molar refractivity (Wildman–Crippen MR) is 114 cm³/mol. The molecule has 0 radical (unpaired) electrons. The number of benzene rings is 1. The van der Waals surface area contributed by atoms with Gasteiger partial charge in [0.1, 0.15) is 23.3 Å². The number of nitrogens with one attached hydrogen (secondary N) is 1. The van der Waals surface area contributed by atoms with E-state index in [0.717, 1.165) is 57.0 Å². The maximum atomic E-state index is 13.9. The van der Waals surface area contributed by atoms with E-state index in [9.17, 15) is 13.6 Å². The van der Waals surface area contributed by atoms with E-state index in [1.807, 2.05) is 0 Å². The molecule has 2 aliphatic heterocycles. The number of hydrogen-bond donors (Lipinski definition) is 1. The Kier molecular flexibility index (Phi) is 6.95. The number of hydrogen-bond acceptors (Lipinski definition) is 4. The molecule has 1 saturated heterocycles. The second-order valence-corrected chi connectivity index (χ2v) is 8.88. The van der Waals surface area contributed by atoms with Crippen molar-refractivity contribution >= 4 is 5.91 Å². The highest BCUT2D eigenvalue weighted by atomic mass is 19.1. The van der Waals surface area contributed by atoms with Crippen LogP contribution in [0.1, 0.15) is 62.2 Å². The summed E-state index contributed by atoms with van der Waals surface area (Å²) in [5.41, 5.74) is 0.0147. The molecule has 31 heavy (non-hydrogen) atoms. The largest absolute Gasteiger partial charge is 0.352 e. The minimum Gasteiger partial charge on any atom is -0.352 e. The van der Waals surface area contributed by atoms with Gasteiger partial charge in [0, 0.05) is 37.0 Å². The Morgan fingerprint density at radius 2 is 1.97 bits per heavy atom. The zero-order chi connectivity index (χ0) is 21.8. The molecule has 0 spiro atoms. The number of piperidine rings is 1. The number of likely N-dealkylation sites (tertiary alicyclic amines) is 1. The SMILES string of the molecule is CC(Cc1c(F)cccc1F)NC(=O)CN1CCCC(c2nnc3n2CCCCC3)C1. The molecule has 1 N–H and O–H groups in total. The standard InChI is InChI=1S/C23H31F2N5O/c1-16(13-18-19(24)8-5-9-20(18)25)26-22(31)15-29-11-6-7-17(14-29)23-28-27-21-10-3-2-4-12-30(21)23/h5,8-9,16-17H,2-4,6-7,10-15H2,1H3,(H,26,31). The number of aromatic nitrogens is 3. The lowest BCUT2D eigenvalue weighted by molar-refractivity contribution is -0.123. The van der Waals surface area contributed by atoms with Crippen molar-refractivity contribution in [3.63, 3.8) is 0 Å². The fourth-order valence-electron chi connectivity index (χ4n) is 4.83. The lowest BCUT2D eigenvalue weighted by atomic mass is 9.97. The molecule has 8 heteroatoms. The van der Waals surface area contributed by atoms with Gasteiger partial charge in [0.25, 0.3) is 0 Å². The number of carbonyl (C=O) groups excluding carboxylic acids is 1. The molecule has 2 aromatic rings. The van der Waals surface area contributed by atoms with E-state index in [1.54, 1.807) is 6.92 Å². The normalized spacial score (nSPS) is 20.7. The third-order valence-corrected chi connectivity index (χ3v) is 6.36. The van der Waals surface area contributed by atoms with E-state index >= 15 is 0 Å². The van der Waals surface area contributed by atoms with Crippen LogP contribution in [0.25, 0.3) is 0 Å². The number of halogens is 2. The van der Waals surface area contributed by atoms with Gasteiger partial charge in [-0.3, -0.25) is 9.69 Å². The minimum absolute atomic E-state index is 0.0147. The average molecular weight is 432 g/mol. The van der Waals surface area contributed by atoms with Gasteiger partial charge in [-0.2, -0.15) is 0 Å². The first-order chi connectivity index (χ1) is 15.0. The smallest absolute Gasteiger partial charge is 0.234 e. The van der Waals surface area contributed by atoms with Crippen molar-refractivity contribution in [1.82, 2.24) is 25.0 Å². The molecule has 3 heterocycles. The van der Waals surface area contributed by atoms with Crippen LogP contribution in [-0.2, 0) is 24.2 Å². The molecule has 2 unspecified atom stereocenters. The molecule has 1 aromatic heterocycles. The number of carbonyl (C=O) groups is 1. The maximum absolute atomic E-state index is 13.9. The first-order valence-corrected chi connectivity index (χ1v) is 11.4. The summed E-state index contributed by atoms with van der Waals surface area (Å²) in [4.78, 5) is 14.7. The van der Waals surface area contributed by atoms with Crippen molar-refractivity contribution in [3.8, 4) is 0 Å². The highest BCUT2D eigenvalue weighted by Gasteiger charge is 2.28. The topological polar surface area (TPSA) is 63.1 Å². The van der Waals surface area contributed by atoms with E-state index in [-0.39, 0.29) is 36.4 Å². The molecule has 1 amide bonds. The monoisotopic (exact) mass is 431 g/mol. The fraction of sp³-hybridized carbons (Fsp3) is 0.609. The molecule has 2 atom stereocenters. The predicted octanol–water partition coefficient (Wildman–Crippen LogP) is 3.21. The molecule has 6 nitrogen and oxygen atoms in total. The first kappa shape index (κ1) is 21.9. The van der Waals surface area contributed by atoms with Crippen LogP contribution >= 0.6 is 0 Å². The minimum atomic E-state index is -0.576. The lowest BCUT2D eigenvalue weighted by Crippen LogP contribution is -2.45. The van der Waals surface area contributed by atoms with Crippen LogP contribution in [0, 0.1) is 11.6 Å². The van der Waals surface area contributed by atoms with Crippen molar-refractivity contribution in [2.45, 2.75) is 70.4 Å². The van der Waals surface area contributed by atoms with Gasteiger partial charge in [0.15, 0.2) is 0 Å². The second-order valence-electron chi connectivity index (χ2n) is 8.88. The van der Waals surface area contributed by atoms with Gasteiger partial charge in [0.05, 0.1) is 6.54 Å². The summed E-state index contributed by atoms with van der Waals surface area (Å²) >= 11 is 0. The number of rotatable bonds is 6.